The highest BCUT2D eigenvalue weighted by atomic mass is 15.2. The molecule has 1 aliphatic carbocycles. The molecule has 0 aromatic rings. The molecule has 3 N–H and O–H groups in total. The molecule has 1 heterocycles. The average molecular weight is 211 g/mol. The fraction of sp³-hybridized carbons (Fsp3) is 1.00. The highest BCUT2D eigenvalue weighted by molar-refractivity contribution is 4.84. The van der Waals surface area contributed by atoms with Crippen LogP contribution < -0.4 is 11.1 Å². The third-order valence-corrected chi connectivity index (χ3v) is 4.03. The highest BCUT2D eigenvalue weighted by Gasteiger charge is 2.23. The second-order valence-corrected chi connectivity index (χ2v) is 5.31. The van der Waals surface area contributed by atoms with E-state index in [1.165, 1.54) is 45.1 Å². The van der Waals surface area contributed by atoms with Crippen LogP contribution in [-0.2, 0) is 0 Å². The third kappa shape index (κ3) is 3.16. The minimum Gasteiger partial charge on any atom is -0.328 e. The van der Waals surface area contributed by atoms with Gasteiger partial charge in [0, 0.05) is 24.7 Å². The van der Waals surface area contributed by atoms with Crippen LogP contribution >= 0.6 is 0 Å². The Morgan fingerprint density at radius 3 is 2.80 bits per heavy atom. The third-order valence-electron chi connectivity index (χ3n) is 4.03. The molecule has 2 rings (SSSR count). The van der Waals surface area contributed by atoms with Crippen molar-refractivity contribution in [2.24, 2.45) is 5.73 Å². The monoisotopic (exact) mass is 211 g/mol. The number of hydrogen-bond acceptors (Lipinski definition) is 3. The van der Waals surface area contributed by atoms with Gasteiger partial charge in [0.1, 0.15) is 0 Å². The lowest BCUT2D eigenvalue weighted by Crippen LogP contribution is -2.44. The molecule has 0 aromatic carbocycles. The number of nitrogens with one attached hydrogen (secondary N) is 1. The number of nitrogens with zero attached hydrogens (tertiary/aromatic N) is 1. The van der Waals surface area contributed by atoms with Gasteiger partial charge in [0.15, 0.2) is 0 Å². The topological polar surface area (TPSA) is 41.3 Å². The molecule has 15 heavy (non-hydrogen) atoms. The predicted octanol–water partition coefficient (Wildman–Crippen LogP) is 0.940. The molecular weight excluding hydrogens is 186 g/mol. The summed E-state index contributed by atoms with van der Waals surface area (Å²) in [7, 11) is 2.24. The van der Waals surface area contributed by atoms with Crippen LogP contribution in [0.25, 0.3) is 0 Å². The Labute approximate surface area is 93.4 Å². The zero-order valence-electron chi connectivity index (χ0n) is 9.91. The van der Waals surface area contributed by atoms with Crippen LogP contribution in [-0.4, -0.2) is 43.2 Å². The first-order chi connectivity index (χ1) is 7.25. The summed E-state index contributed by atoms with van der Waals surface area (Å²) in [6, 6.07) is 1.89. The van der Waals surface area contributed by atoms with Crippen molar-refractivity contribution < 1.29 is 0 Å². The van der Waals surface area contributed by atoms with E-state index in [0.29, 0.717) is 12.1 Å². The van der Waals surface area contributed by atoms with E-state index in [4.69, 9.17) is 5.73 Å². The van der Waals surface area contributed by atoms with Crippen molar-refractivity contribution in [1.82, 2.24) is 10.2 Å². The van der Waals surface area contributed by atoms with Gasteiger partial charge in [0.25, 0.3) is 0 Å². The Bertz CT molecular complexity index is 195. The number of likely N-dealkylation sites (tertiary alicyclic amines) is 1. The zero-order chi connectivity index (χ0) is 10.7. The summed E-state index contributed by atoms with van der Waals surface area (Å²) in [6.45, 7) is 2.43. The average Bonchev–Trinajstić information content (AvgIpc) is 2.61. The van der Waals surface area contributed by atoms with Crippen LogP contribution in [0.15, 0.2) is 0 Å². The highest BCUT2D eigenvalue weighted by Crippen LogP contribution is 2.18. The van der Waals surface area contributed by atoms with Gasteiger partial charge in [-0.25, -0.2) is 0 Å². The molecule has 3 nitrogen and oxygen atoms in total. The largest absolute Gasteiger partial charge is 0.328 e. The first kappa shape index (κ1) is 11.4. The van der Waals surface area contributed by atoms with Gasteiger partial charge < -0.3 is 16.0 Å². The maximum Gasteiger partial charge on any atom is 0.0218 e. The summed E-state index contributed by atoms with van der Waals surface area (Å²) in [5, 5.41) is 3.70. The van der Waals surface area contributed by atoms with E-state index in [0.717, 1.165) is 12.6 Å². The van der Waals surface area contributed by atoms with E-state index in [2.05, 4.69) is 17.3 Å². The SMILES string of the molecule is CN1CCCC1CNC1CCCC(N)C1. The Kier molecular flexibility index (Phi) is 4.00. The second-order valence-electron chi connectivity index (χ2n) is 5.31. The van der Waals surface area contributed by atoms with E-state index < -0.39 is 0 Å². The first-order valence-electron chi connectivity index (χ1n) is 6.45. The van der Waals surface area contributed by atoms with Gasteiger partial charge in [-0.2, -0.15) is 0 Å². The van der Waals surface area contributed by atoms with Gasteiger partial charge in [-0.15, -0.1) is 0 Å². The lowest BCUT2D eigenvalue weighted by molar-refractivity contribution is 0.269. The molecule has 1 saturated heterocycles. The van der Waals surface area contributed by atoms with E-state index >= 15 is 0 Å². The fourth-order valence-corrected chi connectivity index (χ4v) is 2.95. The Balaban J connectivity index is 1.68. The molecule has 0 spiro atoms. The minimum absolute atomic E-state index is 0.442. The smallest absolute Gasteiger partial charge is 0.0218 e. The van der Waals surface area contributed by atoms with Gasteiger partial charge in [-0.3, -0.25) is 0 Å². The predicted molar refractivity (Wildman–Crippen MR) is 63.9 cm³/mol. The molecule has 0 amide bonds. The van der Waals surface area contributed by atoms with Crippen LogP contribution in [0.5, 0.6) is 0 Å². The fourth-order valence-electron chi connectivity index (χ4n) is 2.95. The second kappa shape index (κ2) is 5.28. The van der Waals surface area contributed by atoms with Crippen LogP contribution in [0.1, 0.15) is 38.5 Å². The number of likely N-dealkylation sites (N-methyl/N-ethyl adjacent to an activating group) is 1. The number of rotatable bonds is 3. The van der Waals surface area contributed by atoms with E-state index in [1.807, 2.05) is 0 Å². The quantitative estimate of drug-likeness (QED) is 0.730. The Hall–Kier alpha value is -0.120. The lowest BCUT2D eigenvalue weighted by atomic mass is 9.91. The van der Waals surface area contributed by atoms with Gasteiger partial charge in [-0.05, 0) is 45.7 Å². The summed E-state index contributed by atoms with van der Waals surface area (Å²) in [5.74, 6) is 0. The first-order valence-corrected chi connectivity index (χ1v) is 6.45. The van der Waals surface area contributed by atoms with Gasteiger partial charge in [0.05, 0.1) is 0 Å². The van der Waals surface area contributed by atoms with Crippen LogP contribution in [0, 0.1) is 0 Å². The maximum absolute atomic E-state index is 5.99. The van der Waals surface area contributed by atoms with Crippen molar-refractivity contribution >= 4 is 0 Å². The number of hydrogen-bond donors (Lipinski definition) is 2. The van der Waals surface area contributed by atoms with Crippen molar-refractivity contribution in [3.05, 3.63) is 0 Å². The molecule has 1 saturated carbocycles. The van der Waals surface area contributed by atoms with Gasteiger partial charge in [-0.1, -0.05) is 6.42 Å². The van der Waals surface area contributed by atoms with Crippen molar-refractivity contribution in [3.63, 3.8) is 0 Å². The van der Waals surface area contributed by atoms with Crippen LogP contribution in [0.4, 0.5) is 0 Å². The minimum atomic E-state index is 0.442. The van der Waals surface area contributed by atoms with Gasteiger partial charge >= 0.3 is 0 Å². The van der Waals surface area contributed by atoms with Crippen molar-refractivity contribution in [2.75, 3.05) is 20.1 Å². The normalized spacial score (nSPS) is 38.4. The summed E-state index contributed by atoms with van der Waals surface area (Å²) < 4.78 is 0. The van der Waals surface area contributed by atoms with Crippen molar-refractivity contribution in [3.8, 4) is 0 Å². The molecule has 3 unspecified atom stereocenters. The van der Waals surface area contributed by atoms with Crippen LogP contribution in [0.3, 0.4) is 0 Å². The van der Waals surface area contributed by atoms with Crippen molar-refractivity contribution in [2.45, 2.75) is 56.7 Å². The summed E-state index contributed by atoms with van der Waals surface area (Å²) in [5.41, 5.74) is 5.99. The maximum atomic E-state index is 5.99. The molecule has 2 fully saturated rings. The van der Waals surface area contributed by atoms with E-state index in [1.54, 1.807) is 0 Å². The molecule has 88 valence electrons. The lowest BCUT2D eigenvalue weighted by Gasteiger charge is -2.29. The summed E-state index contributed by atoms with van der Waals surface area (Å²) in [4.78, 5) is 2.48. The standard InChI is InChI=1S/C12H25N3/c1-15-7-3-6-12(15)9-14-11-5-2-4-10(13)8-11/h10-12,14H,2-9,13H2,1H3. The Morgan fingerprint density at radius 2 is 2.13 bits per heavy atom. The van der Waals surface area contributed by atoms with Crippen LogP contribution in [0.2, 0.25) is 0 Å². The molecule has 3 heteroatoms. The molecule has 0 aromatic heterocycles. The number of nitrogens with two attached hydrogens (primary N) is 1. The molecule has 1 aliphatic heterocycles. The van der Waals surface area contributed by atoms with Crippen molar-refractivity contribution in [1.29, 1.82) is 0 Å². The molecule has 2 aliphatic rings. The van der Waals surface area contributed by atoms with E-state index in [-0.39, 0.29) is 0 Å². The summed E-state index contributed by atoms with van der Waals surface area (Å²) >= 11 is 0. The van der Waals surface area contributed by atoms with E-state index in [9.17, 15) is 0 Å². The van der Waals surface area contributed by atoms with Gasteiger partial charge in [0.2, 0.25) is 0 Å². The molecule has 0 bridgehead atoms. The Morgan fingerprint density at radius 1 is 1.27 bits per heavy atom. The molecule has 3 atom stereocenters. The summed E-state index contributed by atoms with van der Waals surface area (Å²) in [6.07, 6.45) is 7.76. The molecular formula is C12H25N3. The zero-order valence-corrected chi connectivity index (χ0v) is 9.91. The molecule has 0 radical (unpaired) electrons.